The Morgan fingerprint density at radius 2 is 1.75 bits per heavy atom. The lowest BCUT2D eigenvalue weighted by molar-refractivity contribution is 0.171. The molecule has 0 atom stereocenters. The molecule has 1 aliphatic rings. The summed E-state index contributed by atoms with van der Waals surface area (Å²) in [6.07, 6.45) is 0. The lowest BCUT2D eigenvalue weighted by Crippen LogP contribution is -2.15. The number of aryl methyl sites for hydroxylation is 1. The van der Waals surface area contributed by atoms with E-state index in [9.17, 15) is 0 Å². The van der Waals surface area contributed by atoms with Crippen molar-refractivity contribution >= 4 is 0 Å². The van der Waals surface area contributed by atoms with Gasteiger partial charge < -0.3 is 9.47 Å². The number of fused-ring (bicyclic) bond motifs is 1. The van der Waals surface area contributed by atoms with E-state index in [0.29, 0.717) is 13.2 Å². The van der Waals surface area contributed by atoms with Gasteiger partial charge in [0.1, 0.15) is 13.2 Å². The molecule has 2 rings (SSSR count). The molecule has 0 radical (unpaired) electrons. The SMILES string of the molecule is C.Cc1ccc2c(c1)OCCO2. The average molecular weight is 166 g/mol. The highest BCUT2D eigenvalue weighted by Gasteiger charge is 2.09. The molecule has 66 valence electrons. The molecule has 1 aromatic rings. The van der Waals surface area contributed by atoms with Crippen molar-refractivity contribution in [3.8, 4) is 11.5 Å². The van der Waals surface area contributed by atoms with E-state index in [1.54, 1.807) is 0 Å². The Morgan fingerprint density at radius 3 is 2.50 bits per heavy atom. The zero-order chi connectivity index (χ0) is 7.68. The maximum Gasteiger partial charge on any atom is 0.161 e. The van der Waals surface area contributed by atoms with Gasteiger partial charge in [-0.15, -0.1) is 0 Å². The van der Waals surface area contributed by atoms with Crippen molar-refractivity contribution in [1.82, 2.24) is 0 Å². The van der Waals surface area contributed by atoms with Crippen molar-refractivity contribution in [2.75, 3.05) is 13.2 Å². The smallest absolute Gasteiger partial charge is 0.161 e. The van der Waals surface area contributed by atoms with Crippen LogP contribution in [0.4, 0.5) is 0 Å². The number of rotatable bonds is 0. The Bertz CT molecular complexity index is 269. The fraction of sp³-hybridized carbons (Fsp3) is 0.400. The molecule has 2 heteroatoms. The number of ether oxygens (including phenoxy) is 2. The number of hydrogen-bond acceptors (Lipinski definition) is 2. The second kappa shape index (κ2) is 3.48. The molecule has 1 aromatic carbocycles. The minimum Gasteiger partial charge on any atom is -0.486 e. The van der Waals surface area contributed by atoms with Gasteiger partial charge in [-0.3, -0.25) is 0 Å². The van der Waals surface area contributed by atoms with Crippen molar-refractivity contribution in [3.63, 3.8) is 0 Å². The summed E-state index contributed by atoms with van der Waals surface area (Å²) in [5, 5.41) is 0. The van der Waals surface area contributed by atoms with Crippen LogP contribution in [-0.4, -0.2) is 13.2 Å². The third-order valence-corrected chi connectivity index (χ3v) is 1.70. The summed E-state index contributed by atoms with van der Waals surface area (Å²) in [4.78, 5) is 0. The summed E-state index contributed by atoms with van der Waals surface area (Å²) in [5.41, 5.74) is 1.20. The third-order valence-electron chi connectivity index (χ3n) is 1.70. The van der Waals surface area contributed by atoms with E-state index >= 15 is 0 Å². The zero-order valence-corrected chi connectivity index (χ0v) is 6.46. The maximum atomic E-state index is 5.38. The molecule has 1 aliphatic heterocycles. The largest absolute Gasteiger partial charge is 0.486 e. The van der Waals surface area contributed by atoms with Crippen molar-refractivity contribution in [3.05, 3.63) is 23.8 Å². The molecule has 0 aromatic heterocycles. The second-order valence-corrected chi connectivity index (χ2v) is 2.65. The van der Waals surface area contributed by atoms with Crippen LogP contribution >= 0.6 is 0 Å². The molecular formula is C10H14O2. The summed E-state index contributed by atoms with van der Waals surface area (Å²) in [7, 11) is 0. The monoisotopic (exact) mass is 166 g/mol. The first-order chi connectivity index (χ1) is 5.36. The predicted molar refractivity (Wildman–Crippen MR) is 48.9 cm³/mol. The maximum absolute atomic E-state index is 5.38. The van der Waals surface area contributed by atoms with Crippen molar-refractivity contribution in [2.45, 2.75) is 14.4 Å². The predicted octanol–water partition coefficient (Wildman–Crippen LogP) is 2.40. The quantitative estimate of drug-likeness (QED) is 0.589. The van der Waals surface area contributed by atoms with Crippen LogP contribution in [0.25, 0.3) is 0 Å². The summed E-state index contributed by atoms with van der Waals surface area (Å²) in [5.74, 6) is 1.73. The fourth-order valence-electron chi connectivity index (χ4n) is 1.15. The minimum absolute atomic E-state index is 0. The van der Waals surface area contributed by atoms with Gasteiger partial charge in [-0.2, -0.15) is 0 Å². The van der Waals surface area contributed by atoms with Crippen LogP contribution in [0.3, 0.4) is 0 Å². The number of benzene rings is 1. The molecule has 0 fully saturated rings. The van der Waals surface area contributed by atoms with Crippen molar-refractivity contribution in [2.24, 2.45) is 0 Å². The van der Waals surface area contributed by atoms with Gasteiger partial charge in [0.25, 0.3) is 0 Å². The molecule has 2 nitrogen and oxygen atoms in total. The van der Waals surface area contributed by atoms with E-state index in [1.807, 2.05) is 25.1 Å². The normalized spacial score (nSPS) is 13.4. The molecule has 0 spiro atoms. The first-order valence-corrected chi connectivity index (χ1v) is 3.72. The molecule has 1 heterocycles. The van der Waals surface area contributed by atoms with E-state index < -0.39 is 0 Å². The van der Waals surface area contributed by atoms with Gasteiger partial charge >= 0.3 is 0 Å². The van der Waals surface area contributed by atoms with Gasteiger partial charge in [0, 0.05) is 0 Å². The molecule has 0 saturated carbocycles. The lowest BCUT2D eigenvalue weighted by atomic mass is 10.2. The Labute approximate surface area is 73.1 Å². The van der Waals surface area contributed by atoms with Gasteiger partial charge in [0.15, 0.2) is 11.5 Å². The fourth-order valence-corrected chi connectivity index (χ4v) is 1.15. The van der Waals surface area contributed by atoms with E-state index in [-0.39, 0.29) is 7.43 Å². The minimum atomic E-state index is 0. The third kappa shape index (κ3) is 1.52. The zero-order valence-electron chi connectivity index (χ0n) is 6.46. The van der Waals surface area contributed by atoms with Crippen LogP contribution < -0.4 is 9.47 Å². The molecule has 0 aliphatic carbocycles. The highest BCUT2D eigenvalue weighted by atomic mass is 16.6. The van der Waals surface area contributed by atoms with Gasteiger partial charge in [-0.1, -0.05) is 13.5 Å². The van der Waals surface area contributed by atoms with Crippen LogP contribution in [0.2, 0.25) is 0 Å². The molecule has 0 saturated heterocycles. The Balaban J connectivity index is 0.000000720. The van der Waals surface area contributed by atoms with Crippen molar-refractivity contribution in [1.29, 1.82) is 0 Å². The summed E-state index contributed by atoms with van der Waals surface area (Å²) >= 11 is 0. The topological polar surface area (TPSA) is 18.5 Å². The first-order valence-electron chi connectivity index (χ1n) is 3.72. The molecule has 0 bridgehead atoms. The standard InChI is InChI=1S/C9H10O2.CH4/c1-7-2-3-8-9(6-7)11-5-4-10-8;/h2-3,6H,4-5H2,1H3;1H4. The van der Waals surface area contributed by atoms with E-state index in [0.717, 1.165) is 11.5 Å². The van der Waals surface area contributed by atoms with Crippen LogP contribution in [0, 0.1) is 6.92 Å². The molecule has 12 heavy (non-hydrogen) atoms. The van der Waals surface area contributed by atoms with Crippen LogP contribution in [-0.2, 0) is 0 Å². The summed E-state index contributed by atoms with van der Waals surface area (Å²) < 4.78 is 10.7. The van der Waals surface area contributed by atoms with E-state index in [2.05, 4.69) is 0 Å². The van der Waals surface area contributed by atoms with Crippen LogP contribution in [0.15, 0.2) is 18.2 Å². The average Bonchev–Trinajstić information content (AvgIpc) is 2.04. The first kappa shape index (κ1) is 8.91. The summed E-state index contributed by atoms with van der Waals surface area (Å²) in [6, 6.07) is 5.96. The van der Waals surface area contributed by atoms with Crippen LogP contribution in [0.1, 0.15) is 13.0 Å². The highest BCUT2D eigenvalue weighted by Crippen LogP contribution is 2.30. The molecule has 0 amide bonds. The van der Waals surface area contributed by atoms with E-state index in [1.165, 1.54) is 5.56 Å². The lowest BCUT2D eigenvalue weighted by Gasteiger charge is -2.18. The van der Waals surface area contributed by atoms with Crippen LogP contribution in [0.5, 0.6) is 11.5 Å². The van der Waals surface area contributed by atoms with Gasteiger partial charge in [-0.25, -0.2) is 0 Å². The molecular weight excluding hydrogens is 152 g/mol. The summed E-state index contributed by atoms with van der Waals surface area (Å²) in [6.45, 7) is 3.37. The Morgan fingerprint density at radius 1 is 1.08 bits per heavy atom. The highest BCUT2D eigenvalue weighted by molar-refractivity contribution is 5.43. The second-order valence-electron chi connectivity index (χ2n) is 2.65. The van der Waals surface area contributed by atoms with Gasteiger partial charge in [0.2, 0.25) is 0 Å². The van der Waals surface area contributed by atoms with Gasteiger partial charge in [-0.05, 0) is 24.6 Å². The molecule has 0 N–H and O–H groups in total. The Hall–Kier alpha value is -1.18. The van der Waals surface area contributed by atoms with Crippen molar-refractivity contribution < 1.29 is 9.47 Å². The molecule has 0 unspecified atom stereocenters. The number of hydrogen-bond donors (Lipinski definition) is 0. The van der Waals surface area contributed by atoms with E-state index in [4.69, 9.17) is 9.47 Å². The van der Waals surface area contributed by atoms with Gasteiger partial charge in [0.05, 0.1) is 0 Å². The Kier molecular flexibility index (Phi) is 2.58.